The summed E-state index contributed by atoms with van der Waals surface area (Å²) in [6, 6.07) is 10.8. The summed E-state index contributed by atoms with van der Waals surface area (Å²) in [5.41, 5.74) is 0.645. The van der Waals surface area contributed by atoms with Crippen molar-refractivity contribution in [1.82, 2.24) is 10.2 Å². The molecule has 1 fully saturated rings. The van der Waals surface area contributed by atoms with Crippen molar-refractivity contribution in [1.29, 1.82) is 0 Å². The van der Waals surface area contributed by atoms with E-state index in [1.54, 1.807) is 0 Å². The van der Waals surface area contributed by atoms with Crippen molar-refractivity contribution in [2.45, 2.75) is 25.4 Å². The molecule has 3 rings (SSSR count). The van der Waals surface area contributed by atoms with E-state index in [4.69, 9.17) is 9.47 Å². The Bertz CT molecular complexity index is 825. The van der Waals surface area contributed by atoms with Gasteiger partial charge in [-0.2, -0.15) is 0 Å². The summed E-state index contributed by atoms with van der Waals surface area (Å²) < 4.78 is 37.9. The average Bonchev–Trinajstić information content (AvgIpc) is 2.73. The standard InChI is InChI=1S/C22H26F2N2O3/c1-26(18-7-10-28-11-8-18)9-12-29-19-4-2-3-16(13-19)15-25-22(27)20-6-5-17(23)14-21(20)24/h2-6,13-14,18H,7-12,15H2,1H3,(H,25,27). The molecule has 5 nitrogen and oxygen atoms in total. The van der Waals surface area contributed by atoms with Gasteiger partial charge in [-0.3, -0.25) is 9.69 Å². The molecular formula is C22H26F2N2O3. The molecule has 0 bridgehead atoms. The molecule has 0 atom stereocenters. The molecule has 0 radical (unpaired) electrons. The zero-order valence-corrected chi connectivity index (χ0v) is 16.5. The molecule has 1 heterocycles. The van der Waals surface area contributed by atoms with Gasteiger partial charge in [-0.15, -0.1) is 0 Å². The molecule has 29 heavy (non-hydrogen) atoms. The Morgan fingerprint density at radius 3 is 2.76 bits per heavy atom. The molecular weight excluding hydrogens is 378 g/mol. The van der Waals surface area contributed by atoms with Crippen molar-refractivity contribution in [2.24, 2.45) is 0 Å². The predicted molar refractivity (Wildman–Crippen MR) is 106 cm³/mol. The van der Waals surface area contributed by atoms with Gasteiger partial charge >= 0.3 is 0 Å². The summed E-state index contributed by atoms with van der Waals surface area (Å²) in [6.07, 6.45) is 2.08. The van der Waals surface area contributed by atoms with Crippen LogP contribution in [0.3, 0.4) is 0 Å². The first-order chi connectivity index (χ1) is 14.0. The Balaban J connectivity index is 1.47. The number of rotatable bonds is 8. The number of benzene rings is 2. The average molecular weight is 404 g/mol. The lowest BCUT2D eigenvalue weighted by Crippen LogP contribution is -2.38. The fourth-order valence-corrected chi connectivity index (χ4v) is 3.31. The Morgan fingerprint density at radius 2 is 2.00 bits per heavy atom. The van der Waals surface area contributed by atoms with Gasteiger partial charge in [0.05, 0.1) is 5.56 Å². The topological polar surface area (TPSA) is 50.8 Å². The highest BCUT2D eigenvalue weighted by atomic mass is 19.1. The molecule has 7 heteroatoms. The number of carbonyl (C=O) groups excluding carboxylic acids is 1. The third-order valence-electron chi connectivity index (χ3n) is 5.05. The van der Waals surface area contributed by atoms with E-state index in [-0.39, 0.29) is 12.1 Å². The molecule has 1 amide bonds. The number of amides is 1. The normalized spacial score (nSPS) is 14.8. The van der Waals surface area contributed by atoms with E-state index in [1.807, 2.05) is 24.3 Å². The molecule has 2 aromatic rings. The maximum absolute atomic E-state index is 13.7. The van der Waals surface area contributed by atoms with Crippen LogP contribution in [0.2, 0.25) is 0 Å². The zero-order chi connectivity index (χ0) is 20.6. The van der Waals surface area contributed by atoms with Crippen molar-refractivity contribution < 1.29 is 23.0 Å². The Labute approximate surface area is 169 Å². The minimum absolute atomic E-state index is 0.185. The van der Waals surface area contributed by atoms with Crippen LogP contribution in [0.15, 0.2) is 42.5 Å². The Hall–Kier alpha value is -2.51. The van der Waals surface area contributed by atoms with Gasteiger partial charge in [0.25, 0.3) is 5.91 Å². The third-order valence-corrected chi connectivity index (χ3v) is 5.05. The summed E-state index contributed by atoms with van der Waals surface area (Å²) >= 11 is 0. The van der Waals surface area contributed by atoms with Gasteiger partial charge in [0.2, 0.25) is 0 Å². The van der Waals surface area contributed by atoms with E-state index < -0.39 is 17.5 Å². The molecule has 0 spiro atoms. The Morgan fingerprint density at radius 1 is 1.21 bits per heavy atom. The van der Waals surface area contributed by atoms with Crippen molar-refractivity contribution in [2.75, 3.05) is 33.4 Å². The van der Waals surface area contributed by atoms with Gasteiger partial charge in [-0.25, -0.2) is 8.78 Å². The van der Waals surface area contributed by atoms with E-state index in [9.17, 15) is 13.6 Å². The number of carbonyl (C=O) groups is 1. The number of ether oxygens (including phenoxy) is 2. The predicted octanol–water partition coefficient (Wildman–Crippen LogP) is 3.38. The van der Waals surface area contributed by atoms with Crippen LogP contribution in [-0.4, -0.2) is 50.3 Å². The number of nitrogens with zero attached hydrogens (tertiary/aromatic N) is 1. The Kier molecular flexibility index (Phi) is 7.55. The van der Waals surface area contributed by atoms with Gasteiger partial charge < -0.3 is 14.8 Å². The fraction of sp³-hybridized carbons (Fsp3) is 0.409. The highest BCUT2D eigenvalue weighted by Gasteiger charge is 2.18. The van der Waals surface area contributed by atoms with Crippen LogP contribution < -0.4 is 10.1 Å². The van der Waals surface area contributed by atoms with Gasteiger partial charge in [0.15, 0.2) is 0 Å². The van der Waals surface area contributed by atoms with Crippen LogP contribution >= 0.6 is 0 Å². The first-order valence-corrected chi connectivity index (χ1v) is 9.76. The minimum atomic E-state index is -0.881. The summed E-state index contributed by atoms with van der Waals surface area (Å²) in [5, 5.41) is 2.64. The minimum Gasteiger partial charge on any atom is -0.492 e. The van der Waals surface area contributed by atoms with E-state index in [0.29, 0.717) is 24.5 Å². The molecule has 156 valence electrons. The van der Waals surface area contributed by atoms with Crippen LogP contribution in [0, 0.1) is 11.6 Å². The van der Waals surface area contributed by atoms with Gasteiger partial charge in [-0.05, 0) is 49.7 Å². The maximum Gasteiger partial charge on any atom is 0.254 e. The van der Waals surface area contributed by atoms with Crippen LogP contribution in [0.5, 0.6) is 5.75 Å². The SMILES string of the molecule is CN(CCOc1cccc(CNC(=O)c2ccc(F)cc2F)c1)C1CCOCC1. The number of halogens is 2. The van der Waals surface area contributed by atoms with Crippen LogP contribution in [0.25, 0.3) is 0 Å². The number of hydrogen-bond acceptors (Lipinski definition) is 4. The van der Waals surface area contributed by atoms with E-state index in [0.717, 1.165) is 50.3 Å². The molecule has 0 saturated carbocycles. The highest BCUT2D eigenvalue weighted by molar-refractivity contribution is 5.94. The molecule has 0 aliphatic carbocycles. The zero-order valence-electron chi connectivity index (χ0n) is 16.5. The molecule has 1 aliphatic rings. The summed E-state index contributed by atoms with van der Waals surface area (Å²) in [6.45, 7) is 3.21. The molecule has 1 N–H and O–H groups in total. The second-order valence-corrected chi connectivity index (χ2v) is 7.13. The number of hydrogen-bond donors (Lipinski definition) is 1. The second kappa shape index (κ2) is 10.3. The smallest absolute Gasteiger partial charge is 0.254 e. The van der Waals surface area contributed by atoms with Crippen molar-refractivity contribution in [3.63, 3.8) is 0 Å². The van der Waals surface area contributed by atoms with Gasteiger partial charge in [-0.1, -0.05) is 12.1 Å². The summed E-state index contributed by atoms with van der Waals surface area (Å²) in [7, 11) is 2.10. The van der Waals surface area contributed by atoms with Crippen LogP contribution in [0.4, 0.5) is 8.78 Å². The largest absolute Gasteiger partial charge is 0.492 e. The van der Waals surface area contributed by atoms with E-state index >= 15 is 0 Å². The lowest BCUT2D eigenvalue weighted by molar-refractivity contribution is 0.0392. The lowest BCUT2D eigenvalue weighted by Gasteiger charge is -2.31. The van der Waals surface area contributed by atoms with Crippen molar-refractivity contribution in [3.8, 4) is 5.75 Å². The van der Waals surface area contributed by atoms with Gasteiger partial charge in [0.1, 0.15) is 24.0 Å². The highest BCUT2D eigenvalue weighted by Crippen LogP contribution is 2.16. The summed E-state index contributed by atoms with van der Waals surface area (Å²) in [4.78, 5) is 14.4. The van der Waals surface area contributed by atoms with Crippen LogP contribution in [-0.2, 0) is 11.3 Å². The second-order valence-electron chi connectivity index (χ2n) is 7.13. The van der Waals surface area contributed by atoms with Crippen molar-refractivity contribution in [3.05, 3.63) is 65.2 Å². The number of nitrogens with one attached hydrogen (secondary N) is 1. The quantitative estimate of drug-likeness (QED) is 0.733. The monoisotopic (exact) mass is 404 g/mol. The van der Waals surface area contributed by atoms with E-state index in [1.165, 1.54) is 0 Å². The molecule has 0 aromatic heterocycles. The molecule has 1 aliphatic heterocycles. The third kappa shape index (κ3) is 6.24. The fourth-order valence-electron chi connectivity index (χ4n) is 3.31. The maximum atomic E-state index is 13.7. The molecule has 1 saturated heterocycles. The summed E-state index contributed by atoms with van der Waals surface area (Å²) in [5.74, 6) is -1.48. The first-order valence-electron chi connectivity index (χ1n) is 9.76. The van der Waals surface area contributed by atoms with Crippen molar-refractivity contribution >= 4 is 5.91 Å². The lowest BCUT2D eigenvalue weighted by atomic mass is 10.1. The van der Waals surface area contributed by atoms with Crippen LogP contribution in [0.1, 0.15) is 28.8 Å². The van der Waals surface area contributed by atoms with E-state index in [2.05, 4.69) is 17.3 Å². The first kappa shape index (κ1) is 21.2. The number of likely N-dealkylation sites (N-methyl/N-ethyl adjacent to an activating group) is 1. The molecule has 0 unspecified atom stereocenters. The molecule has 2 aromatic carbocycles. The van der Waals surface area contributed by atoms with Gasteiger partial charge in [0, 0.05) is 38.4 Å².